The predicted molar refractivity (Wildman–Crippen MR) is 133 cm³/mol. The molecule has 2 amide bonds. The van der Waals surface area contributed by atoms with E-state index in [-0.39, 0.29) is 11.8 Å². The van der Waals surface area contributed by atoms with E-state index in [4.69, 9.17) is 0 Å². The number of anilines is 3. The molecule has 1 aliphatic rings. The highest BCUT2D eigenvalue weighted by molar-refractivity contribution is 7.09. The van der Waals surface area contributed by atoms with Crippen LogP contribution < -0.4 is 15.5 Å². The molecular formula is C26H29N3O2S. The zero-order chi connectivity index (χ0) is 22.3. The first-order valence-electron chi connectivity index (χ1n) is 11.2. The maximum atomic E-state index is 12.7. The summed E-state index contributed by atoms with van der Waals surface area (Å²) in [6.07, 6.45) is 3.39. The van der Waals surface area contributed by atoms with Gasteiger partial charge >= 0.3 is 0 Å². The molecule has 2 aromatic carbocycles. The molecule has 0 spiro atoms. The molecule has 2 heterocycles. The first-order valence-corrected chi connectivity index (χ1v) is 12.0. The summed E-state index contributed by atoms with van der Waals surface area (Å²) in [5, 5.41) is 7.90. The molecule has 1 saturated heterocycles. The number of aryl methyl sites for hydroxylation is 1. The number of carbonyl (C=O) groups excluding carboxylic acids is 2. The van der Waals surface area contributed by atoms with Gasteiger partial charge in [0.1, 0.15) is 0 Å². The van der Waals surface area contributed by atoms with Crippen molar-refractivity contribution >= 4 is 40.2 Å². The molecule has 0 bridgehead atoms. The standard InChI is InChI=1S/C26H29N3O2S/c1-19-14-15-29(18-19)23-12-10-21(11-13-23)28-26(31)20-5-2-6-22(17-20)27-25(30)9-3-7-24-8-4-16-32-24/h2,4-6,8,10-13,16-17,19H,3,7,9,14-15,18H2,1H3,(H,27,30)(H,28,31). The molecule has 0 radical (unpaired) electrons. The molecule has 0 saturated carbocycles. The van der Waals surface area contributed by atoms with Gasteiger partial charge in [0.25, 0.3) is 5.91 Å². The number of amides is 2. The number of hydrogen-bond acceptors (Lipinski definition) is 4. The topological polar surface area (TPSA) is 61.4 Å². The normalized spacial score (nSPS) is 15.5. The predicted octanol–water partition coefficient (Wildman–Crippen LogP) is 5.81. The van der Waals surface area contributed by atoms with E-state index >= 15 is 0 Å². The van der Waals surface area contributed by atoms with Crippen LogP contribution in [0.4, 0.5) is 17.1 Å². The molecule has 6 heteroatoms. The van der Waals surface area contributed by atoms with Crippen molar-refractivity contribution in [2.45, 2.75) is 32.6 Å². The maximum Gasteiger partial charge on any atom is 0.255 e. The van der Waals surface area contributed by atoms with Crippen LogP contribution in [-0.4, -0.2) is 24.9 Å². The minimum atomic E-state index is -0.193. The minimum absolute atomic E-state index is 0.0362. The number of rotatable bonds is 8. The van der Waals surface area contributed by atoms with Crippen molar-refractivity contribution in [1.29, 1.82) is 0 Å². The Balaban J connectivity index is 1.29. The van der Waals surface area contributed by atoms with E-state index in [1.54, 1.807) is 35.6 Å². The van der Waals surface area contributed by atoms with E-state index in [0.29, 0.717) is 17.7 Å². The summed E-state index contributed by atoms with van der Waals surface area (Å²) in [6, 6.07) is 19.2. The third-order valence-corrected chi connectivity index (χ3v) is 6.67. The molecule has 5 nitrogen and oxygen atoms in total. The zero-order valence-electron chi connectivity index (χ0n) is 18.3. The Hall–Kier alpha value is -3.12. The third-order valence-electron chi connectivity index (χ3n) is 5.73. The molecule has 2 N–H and O–H groups in total. The Kier molecular flexibility index (Phi) is 7.22. The van der Waals surface area contributed by atoms with Gasteiger partial charge in [-0.05, 0) is 79.1 Å². The average Bonchev–Trinajstić information content (AvgIpc) is 3.46. The van der Waals surface area contributed by atoms with Crippen molar-refractivity contribution in [3.8, 4) is 0 Å². The average molecular weight is 448 g/mol. The van der Waals surface area contributed by atoms with Crippen LogP contribution >= 0.6 is 11.3 Å². The van der Waals surface area contributed by atoms with Gasteiger partial charge in [-0.15, -0.1) is 11.3 Å². The maximum absolute atomic E-state index is 12.7. The van der Waals surface area contributed by atoms with Crippen LogP contribution in [0.1, 0.15) is 41.4 Å². The summed E-state index contributed by atoms with van der Waals surface area (Å²) in [6.45, 7) is 4.44. The molecule has 1 atom stereocenters. The highest BCUT2D eigenvalue weighted by Gasteiger charge is 2.18. The van der Waals surface area contributed by atoms with E-state index < -0.39 is 0 Å². The Morgan fingerprint density at radius 2 is 1.88 bits per heavy atom. The van der Waals surface area contributed by atoms with Gasteiger partial charge < -0.3 is 15.5 Å². The Morgan fingerprint density at radius 3 is 2.59 bits per heavy atom. The molecule has 1 aromatic heterocycles. The molecular weight excluding hydrogens is 418 g/mol. The smallest absolute Gasteiger partial charge is 0.255 e. The van der Waals surface area contributed by atoms with Crippen molar-refractivity contribution in [3.05, 3.63) is 76.5 Å². The summed E-state index contributed by atoms with van der Waals surface area (Å²) < 4.78 is 0. The van der Waals surface area contributed by atoms with Crippen molar-refractivity contribution < 1.29 is 9.59 Å². The van der Waals surface area contributed by atoms with E-state index in [0.717, 1.165) is 37.5 Å². The van der Waals surface area contributed by atoms with E-state index in [9.17, 15) is 9.59 Å². The zero-order valence-corrected chi connectivity index (χ0v) is 19.2. The van der Waals surface area contributed by atoms with Crippen LogP contribution in [0, 0.1) is 5.92 Å². The summed E-state index contributed by atoms with van der Waals surface area (Å²) in [7, 11) is 0. The van der Waals surface area contributed by atoms with Crippen LogP contribution in [0.2, 0.25) is 0 Å². The highest BCUT2D eigenvalue weighted by Crippen LogP contribution is 2.25. The van der Waals surface area contributed by atoms with Crippen LogP contribution in [0.15, 0.2) is 66.0 Å². The molecule has 1 fully saturated rings. The second kappa shape index (κ2) is 10.5. The number of nitrogens with one attached hydrogen (secondary N) is 2. The van der Waals surface area contributed by atoms with Crippen LogP contribution in [0.5, 0.6) is 0 Å². The number of hydrogen-bond donors (Lipinski definition) is 2. The number of thiophene rings is 1. The molecule has 0 aliphatic carbocycles. The molecule has 3 aromatic rings. The number of carbonyl (C=O) groups is 2. The van der Waals surface area contributed by atoms with Crippen LogP contribution in [0.25, 0.3) is 0 Å². The number of nitrogens with zero attached hydrogens (tertiary/aromatic N) is 1. The van der Waals surface area contributed by atoms with E-state index in [1.165, 1.54) is 17.0 Å². The van der Waals surface area contributed by atoms with Gasteiger partial charge in [-0.1, -0.05) is 19.1 Å². The lowest BCUT2D eigenvalue weighted by atomic mass is 10.1. The van der Waals surface area contributed by atoms with Crippen LogP contribution in [-0.2, 0) is 11.2 Å². The Morgan fingerprint density at radius 1 is 1.03 bits per heavy atom. The lowest BCUT2D eigenvalue weighted by Crippen LogP contribution is -2.19. The minimum Gasteiger partial charge on any atom is -0.371 e. The SMILES string of the molecule is CC1CCN(c2ccc(NC(=O)c3cccc(NC(=O)CCCc4cccs4)c3)cc2)C1. The summed E-state index contributed by atoms with van der Waals surface area (Å²) in [5.74, 6) is 0.496. The largest absolute Gasteiger partial charge is 0.371 e. The second-order valence-corrected chi connectivity index (χ2v) is 9.44. The lowest BCUT2D eigenvalue weighted by molar-refractivity contribution is -0.116. The molecule has 4 rings (SSSR count). The Labute approximate surface area is 193 Å². The van der Waals surface area contributed by atoms with Gasteiger partial charge in [-0.25, -0.2) is 0 Å². The van der Waals surface area contributed by atoms with Crippen molar-refractivity contribution in [3.63, 3.8) is 0 Å². The van der Waals surface area contributed by atoms with Crippen LogP contribution in [0.3, 0.4) is 0 Å². The summed E-state index contributed by atoms with van der Waals surface area (Å²) in [4.78, 5) is 28.6. The number of benzene rings is 2. The Bertz CT molecular complexity index is 1050. The first kappa shape index (κ1) is 22.1. The van der Waals surface area contributed by atoms with Gasteiger partial charge in [-0.3, -0.25) is 9.59 Å². The lowest BCUT2D eigenvalue weighted by Gasteiger charge is -2.18. The van der Waals surface area contributed by atoms with E-state index in [1.807, 2.05) is 23.6 Å². The third kappa shape index (κ3) is 5.98. The fourth-order valence-corrected chi connectivity index (χ4v) is 4.72. The first-order chi connectivity index (χ1) is 15.6. The van der Waals surface area contributed by atoms with Gasteiger partial charge in [0, 0.05) is 47.0 Å². The molecule has 1 unspecified atom stereocenters. The molecule has 166 valence electrons. The second-order valence-electron chi connectivity index (χ2n) is 8.40. The monoisotopic (exact) mass is 447 g/mol. The quantitative estimate of drug-likeness (QED) is 0.458. The summed E-state index contributed by atoms with van der Waals surface area (Å²) >= 11 is 1.71. The fourth-order valence-electron chi connectivity index (χ4n) is 3.97. The van der Waals surface area contributed by atoms with E-state index in [2.05, 4.69) is 40.7 Å². The summed E-state index contributed by atoms with van der Waals surface area (Å²) in [5.41, 5.74) is 3.10. The van der Waals surface area contributed by atoms with Crippen molar-refractivity contribution in [1.82, 2.24) is 0 Å². The highest BCUT2D eigenvalue weighted by atomic mass is 32.1. The fraction of sp³-hybridized carbons (Fsp3) is 0.308. The van der Waals surface area contributed by atoms with Gasteiger partial charge in [-0.2, -0.15) is 0 Å². The van der Waals surface area contributed by atoms with Crippen molar-refractivity contribution in [2.75, 3.05) is 28.6 Å². The van der Waals surface area contributed by atoms with Gasteiger partial charge in [0.15, 0.2) is 0 Å². The van der Waals surface area contributed by atoms with Gasteiger partial charge in [0.2, 0.25) is 5.91 Å². The van der Waals surface area contributed by atoms with Gasteiger partial charge in [0.05, 0.1) is 0 Å². The molecule has 32 heavy (non-hydrogen) atoms. The van der Waals surface area contributed by atoms with Crippen molar-refractivity contribution in [2.24, 2.45) is 5.92 Å². The molecule has 1 aliphatic heterocycles.